The molecule has 0 saturated carbocycles. The lowest BCUT2D eigenvalue weighted by molar-refractivity contribution is -0.131. The number of aliphatic imine (C=N–C) groups is 1. The van der Waals surface area contributed by atoms with Crippen LogP contribution in [-0.4, -0.2) is 23.6 Å². The van der Waals surface area contributed by atoms with Crippen molar-refractivity contribution in [3.05, 3.63) is 12.2 Å². The zero-order chi connectivity index (χ0) is 10.8. The van der Waals surface area contributed by atoms with Gasteiger partial charge in [0.15, 0.2) is 5.96 Å². The van der Waals surface area contributed by atoms with Crippen LogP contribution >= 0.6 is 12.4 Å². The molecule has 0 aromatic carbocycles. The number of rotatable bonds is 7. The minimum Gasteiger partial charge on any atom is -0.478 e. The van der Waals surface area contributed by atoms with Crippen molar-refractivity contribution >= 4 is 24.3 Å². The van der Waals surface area contributed by atoms with Gasteiger partial charge in [0.05, 0.1) is 0 Å². The number of guanidine groups is 1. The van der Waals surface area contributed by atoms with Crippen molar-refractivity contribution < 1.29 is 9.90 Å². The Hall–Kier alpha value is -1.23. The van der Waals surface area contributed by atoms with Gasteiger partial charge in [-0.1, -0.05) is 12.5 Å². The number of carbonyl (C=O) groups is 1. The van der Waals surface area contributed by atoms with Crippen LogP contribution in [0.4, 0.5) is 0 Å². The van der Waals surface area contributed by atoms with Gasteiger partial charge in [-0.3, -0.25) is 4.99 Å². The predicted octanol–water partition coefficient (Wildman–Crippen LogP) is 0.883. The fourth-order valence-corrected chi connectivity index (χ4v) is 0.943. The summed E-state index contributed by atoms with van der Waals surface area (Å²) >= 11 is 0. The Morgan fingerprint density at radius 2 is 1.93 bits per heavy atom. The molecule has 0 fully saturated rings. The van der Waals surface area contributed by atoms with E-state index in [0.717, 1.165) is 31.8 Å². The van der Waals surface area contributed by atoms with E-state index in [9.17, 15) is 4.79 Å². The highest BCUT2D eigenvalue weighted by Gasteiger charge is 1.88. The van der Waals surface area contributed by atoms with Gasteiger partial charge in [-0.05, 0) is 19.3 Å². The molecule has 0 amide bonds. The molecule has 0 aliphatic rings. The van der Waals surface area contributed by atoms with Gasteiger partial charge < -0.3 is 16.6 Å². The number of hydrogen-bond donors (Lipinski definition) is 3. The van der Waals surface area contributed by atoms with Crippen molar-refractivity contribution in [1.82, 2.24) is 0 Å². The Morgan fingerprint density at radius 1 is 1.27 bits per heavy atom. The summed E-state index contributed by atoms with van der Waals surface area (Å²) in [7, 11) is 0. The second kappa shape index (κ2) is 10.8. The Balaban J connectivity index is 0. The van der Waals surface area contributed by atoms with E-state index in [1.165, 1.54) is 0 Å². The van der Waals surface area contributed by atoms with Crippen molar-refractivity contribution in [2.24, 2.45) is 16.5 Å². The van der Waals surface area contributed by atoms with Crippen LogP contribution in [0.2, 0.25) is 0 Å². The largest absolute Gasteiger partial charge is 0.478 e. The van der Waals surface area contributed by atoms with Crippen LogP contribution in [-0.2, 0) is 4.79 Å². The maximum Gasteiger partial charge on any atom is 0.327 e. The van der Waals surface area contributed by atoms with Gasteiger partial charge in [0.1, 0.15) is 0 Å². The second-order valence-electron chi connectivity index (χ2n) is 2.90. The van der Waals surface area contributed by atoms with Crippen LogP contribution < -0.4 is 11.5 Å². The maximum atomic E-state index is 10.1. The summed E-state index contributed by atoms with van der Waals surface area (Å²) in [4.78, 5) is 13.9. The summed E-state index contributed by atoms with van der Waals surface area (Å²) in [5.41, 5.74) is 10.3. The van der Waals surface area contributed by atoms with E-state index in [1.807, 2.05) is 0 Å². The normalized spacial score (nSPS) is 9.60. The number of aliphatic carboxylic acids is 1. The van der Waals surface area contributed by atoms with E-state index in [1.54, 1.807) is 6.08 Å². The van der Waals surface area contributed by atoms with E-state index >= 15 is 0 Å². The van der Waals surface area contributed by atoms with E-state index < -0.39 is 5.97 Å². The maximum absolute atomic E-state index is 10.1. The van der Waals surface area contributed by atoms with Gasteiger partial charge in [-0.15, -0.1) is 12.4 Å². The molecular formula is C9H18ClN3O2. The van der Waals surface area contributed by atoms with Crippen LogP contribution in [0.3, 0.4) is 0 Å². The molecule has 15 heavy (non-hydrogen) atoms. The van der Waals surface area contributed by atoms with E-state index in [-0.39, 0.29) is 18.4 Å². The molecule has 5 nitrogen and oxygen atoms in total. The third-order valence-electron chi connectivity index (χ3n) is 1.58. The SMILES string of the molecule is Cl.NC(N)=NCCCCC/C=C/C(=O)O. The quantitative estimate of drug-likeness (QED) is 0.264. The number of carboxylic acid groups (broad SMARTS) is 1. The van der Waals surface area contributed by atoms with Crippen molar-refractivity contribution in [3.63, 3.8) is 0 Å². The Bertz CT molecular complexity index is 225. The number of hydrogen-bond acceptors (Lipinski definition) is 2. The molecule has 0 spiro atoms. The highest BCUT2D eigenvalue weighted by molar-refractivity contribution is 5.85. The summed E-state index contributed by atoms with van der Waals surface area (Å²) in [6.07, 6.45) is 6.50. The second-order valence-corrected chi connectivity index (χ2v) is 2.90. The zero-order valence-electron chi connectivity index (χ0n) is 8.56. The van der Waals surface area contributed by atoms with Gasteiger partial charge in [0, 0.05) is 12.6 Å². The minimum atomic E-state index is -0.898. The lowest BCUT2D eigenvalue weighted by Gasteiger charge is -1.95. The molecule has 0 aliphatic heterocycles. The molecule has 0 saturated heterocycles. The average Bonchev–Trinajstić information content (AvgIpc) is 2.08. The third-order valence-corrected chi connectivity index (χ3v) is 1.58. The van der Waals surface area contributed by atoms with Crippen LogP contribution in [0.5, 0.6) is 0 Å². The smallest absolute Gasteiger partial charge is 0.327 e. The molecule has 0 aromatic rings. The lowest BCUT2D eigenvalue weighted by Crippen LogP contribution is -2.22. The van der Waals surface area contributed by atoms with Crippen LogP contribution in [0, 0.1) is 0 Å². The van der Waals surface area contributed by atoms with E-state index in [0.29, 0.717) is 6.54 Å². The zero-order valence-corrected chi connectivity index (χ0v) is 9.37. The van der Waals surface area contributed by atoms with E-state index in [4.69, 9.17) is 16.6 Å². The summed E-state index contributed by atoms with van der Waals surface area (Å²) in [5.74, 6) is -0.777. The molecule has 0 atom stereocenters. The highest BCUT2D eigenvalue weighted by atomic mass is 35.5. The van der Waals surface area contributed by atoms with Gasteiger partial charge in [0.25, 0.3) is 0 Å². The first-order valence-corrected chi connectivity index (χ1v) is 4.58. The number of nitrogens with zero attached hydrogens (tertiary/aromatic N) is 1. The number of allylic oxidation sites excluding steroid dienone is 1. The number of carboxylic acids is 1. The van der Waals surface area contributed by atoms with Crippen molar-refractivity contribution in [3.8, 4) is 0 Å². The first-order valence-electron chi connectivity index (χ1n) is 4.58. The number of halogens is 1. The number of nitrogens with two attached hydrogens (primary N) is 2. The highest BCUT2D eigenvalue weighted by Crippen LogP contribution is 2.00. The lowest BCUT2D eigenvalue weighted by atomic mass is 10.2. The molecule has 0 aromatic heterocycles. The summed E-state index contributed by atoms with van der Waals surface area (Å²) in [6, 6.07) is 0. The van der Waals surface area contributed by atoms with Gasteiger partial charge in [-0.25, -0.2) is 4.79 Å². The molecule has 5 N–H and O–H groups in total. The first-order chi connectivity index (χ1) is 6.63. The van der Waals surface area contributed by atoms with Crippen LogP contribution in [0.25, 0.3) is 0 Å². The molecular weight excluding hydrogens is 218 g/mol. The summed E-state index contributed by atoms with van der Waals surface area (Å²) in [5, 5.41) is 8.28. The van der Waals surface area contributed by atoms with Crippen LogP contribution in [0.15, 0.2) is 17.1 Å². The molecule has 0 radical (unpaired) electrons. The number of unbranched alkanes of at least 4 members (excludes halogenated alkanes) is 3. The molecule has 0 rings (SSSR count). The third kappa shape index (κ3) is 15.5. The fraction of sp³-hybridized carbons (Fsp3) is 0.556. The molecule has 0 heterocycles. The standard InChI is InChI=1S/C9H17N3O2.ClH/c10-9(11)12-7-5-3-1-2-4-6-8(13)14;/h4,6H,1-3,5,7H2,(H,13,14)(H4,10,11,12);1H/b6-4+;. The molecule has 0 aliphatic carbocycles. The minimum absolute atomic E-state index is 0. The topological polar surface area (TPSA) is 102 Å². The van der Waals surface area contributed by atoms with E-state index in [2.05, 4.69) is 4.99 Å². The Labute approximate surface area is 95.7 Å². The molecule has 0 bridgehead atoms. The van der Waals surface area contributed by atoms with Crippen LogP contribution in [0.1, 0.15) is 25.7 Å². The average molecular weight is 236 g/mol. The molecule has 88 valence electrons. The van der Waals surface area contributed by atoms with Crippen molar-refractivity contribution in [2.45, 2.75) is 25.7 Å². The van der Waals surface area contributed by atoms with Crippen molar-refractivity contribution in [2.75, 3.05) is 6.54 Å². The summed E-state index contributed by atoms with van der Waals surface area (Å²) < 4.78 is 0. The first kappa shape index (κ1) is 16.2. The molecule has 6 heteroatoms. The Morgan fingerprint density at radius 3 is 2.47 bits per heavy atom. The Kier molecular flexibility index (Phi) is 11.7. The molecule has 0 unspecified atom stereocenters. The van der Waals surface area contributed by atoms with Gasteiger partial charge in [-0.2, -0.15) is 0 Å². The predicted molar refractivity (Wildman–Crippen MR) is 63.2 cm³/mol. The summed E-state index contributed by atoms with van der Waals surface area (Å²) in [6.45, 7) is 0.644. The van der Waals surface area contributed by atoms with Gasteiger partial charge >= 0.3 is 5.97 Å². The monoisotopic (exact) mass is 235 g/mol. The fourth-order valence-electron chi connectivity index (χ4n) is 0.943. The van der Waals surface area contributed by atoms with Crippen molar-refractivity contribution in [1.29, 1.82) is 0 Å². The van der Waals surface area contributed by atoms with Gasteiger partial charge in [0.2, 0.25) is 0 Å².